The van der Waals surface area contributed by atoms with E-state index in [0.29, 0.717) is 129 Å². The molecule has 2 amide bonds. The molecule has 3 saturated heterocycles. The fourth-order valence-electron chi connectivity index (χ4n) is 21.8. The third-order valence-corrected chi connectivity index (χ3v) is 33.1. The summed E-state index contributed by atoms with van der Waals surface area (Å²) < 4.78 is 183. The highest BCUT2D eigenvalue weighted by atomic mass is 32.2. The number of amides is 2. The lowest BCUT2D eigenvalue weighted by Crippen LogP contribution is -2.46. The minimum atomic E-state index is -4.54. The molecule has 6 aromatic carbocycles. The van der Waals surface area contributed by atoms with Gasteiger partial charge in [0.1, 0.15) is 13.1 Å². The maximum Gasteiger partial charge on any atom is 0.338 e. The number of rotatable bonds is 41. The van der Waals surface area contributed by atoms with E-state index in [1.54, 1.807) is 48.6 Å². The number of hydrogen-bond acceptors (Lipinski definition) is 22. The second-order valence-electron chi connectivity index (χ2n) is 39.9. The Morgan fingerprint density at radius 2 is 1.01 bits per heavy atom. The fourth-order valence-corrected chi connectivity index (χ4v) is 24.4. The number of ether oxygens (including phenoxy) is 1. The Balaban J connectivity index is 0.643. The minimum absolute atomic E-state index is 0.0281. The van der Waals surface area contributed by atoms with Gasteiger partial charge in [0, 0.05) is 153 Å². The van der Waals surface area contributed by atoms with Gasteiger partial charge >= 0.3 is 5.97 Å². The van der Waals surface area contributed by atoms with Crippen molar-refractivity contribution < 1.29 is 93.1 Å². The fraction of sp³-hybridized carbons (Fsp3) is 0.500. The number of piperidine rings is 3. The predicted molar refractivity (Wildman–Crippen MR) is 551 cm³/mol. The smallest absolute Gasteiger partial charge is 0.338 e. The SMILES string of the molecule is CCCCOC(=O)c1cc(C(=O)NC2CCN(c3nc(N4CCC(C)CC4)nc(N4CCC(NC(=O)CCCCC[N+]5=C(C=CC=CC=C6N(CCCC)c7ccc8c(C)cc(S(=O)(=O)O)cc8c7C6(C)CCC)C(C)(C)c6c5ccc5ccc(S(=O)(=O)O)cc65)CC4)n3)CC2)cc2c1C(C)(C)C(C=CC=CC=C1N(CCCS(=O)(=O)O)c3ccccc3C1(C)CCCS(=O)(=O)O)=[N+]2CCCS(=O)(=O)O. The highest BCUT2D eigenvalue weighted by Crippen LogP contribution is 2.56. The molecule has 0 saturated carbocycles. The minimum Gasteiger partial charge on any atom is -0.462 e. The number of allylic oxidation sites excluding steroid dienone is 12. The van der Waals surface area contributed by atoms with Crippen molar-refractivity contribution in [2.45, 2.75) is 248 Å². The Morgan fingerprint density at radius 3 is 1.61 bits per heavy atom. The van der Waals surface area contributed by atoms with Crippen molar-refractivity contribution in [3.8, 4) is 0 Å². The normalized spacial score (nSPS) is 20.1. The van der Waals surface area contributed by atoms with E-state index in [4.69, 9.17) is 19.7 Å². The molecule has 0 bridgehead atoms. The number of unbranched alkanes of at least 4 members (excludes halogenated alkanes) is 4. The van der Waals surface area contributed by atoms with Crippen LogP contribution in [-0.2, 0) is 81.8 Å². The van der Waals surface area contributed by atoms with Crippen molar-refractivity contribution in [3.63, 3.8) is 0 Å². The first kappa shape index (κ1) is 105. The van der Waals surface area contributed by atoms with Crippen LogP contribution < -0.4 is 35.1 Å². The molecule has 7 N–H and O–H groups in total. The summed E-state index contributed by atoms with van der Waals surface area (Å²) in [7, 11) is -22.1. The summed E-state index contributed by atoms with van der Waals surface area (Å²) in [4.78, 5) is 69.5. The zero-order valence-corrected chi connectivity index (χ0v) is 86.3. The number of para-hydroxylation sites is 1. The standard InChI is InChI=1S/C104H134N12O19S5/c1-12-15-52-115-86-43-41-79-72(5)66-78(140(132,133)134)70-81(79)95(86)104(11,50-14-3)91(115)36-23-18-20-33-88-101(6,7)93-80-69-77(139(129,130)131)40-38-73(80)39-42-85(93)114(88)53-27-19-24-37-92(117)105-75-46-58-111(59-47-75)99-107-98(110-56-44-71(4)45-57-110)108-100(109-99)112-60-48-76(49-61-112)106-96(118)74-67-82(97(119)135-62-16-13-2)94-87(68-74)116(55-30-65-138(126,127)128)89(102(94,8)9)34-21-17-22-35-90-103(10,51-28-63-136(120,121)122)83-31-25-26-32-84(83)113(90)54-29-64-137(123,124)125/h17-18,20-23,25-26,31-36,38-43,66-71,75-76H,12-16,19,24,27-30,37,44-65H2,1-11H3,(H5-2,105,106,117,118,120,121,122,123,124,125,126,127,128,129,130,131,132,133,134)/p+2. The van der Waals surface area contributed by atoms with Crippen LogP contribution in [0.5, 0.6) is 0 Å². The molecule has 2 atom stereocenters. The number of carbonyl (C=O) groups excluding carboxylic acids is 3. The zero-order chi connectivity index (χ0) is 101. The molecule has 1 aromatic heterocycles. The lowest BCUT2D eigenvalue weighted by Gasteiger charge is -2.36. The molecule has 0 spiro atoms. The van der Waals surface area contributed by atoms with Crippen LogP contribution in [0.3, 0.4) is 0 Å². The summed E-state index contributed by atoms with van der Waals surface area (Å²) in [5.41, 5.74) is 8.06. The molecule has 7 aliphatic rings. The quantitative estimate of drug-likeness (QED) is 0.00615. The lowest BCUT2D eigenvalue weighted by atomic mass is 9.75. The Kier molecular flexibility index (Phi) is 32.7. The summed E-state index contributed by atoms with van der Waals surface area (Å²) in [5.74, 6) is -0.488. The van der Waals surface area contributed by atoms with E-state index in [1.807, 2.05) is 105 Å². The molecule has 754 valence electrons. The monoisotopic (exact) mass is 2020 g/mol. The van der Waals surface area contributed by atoms with Crippen molar-refractivity contribution >= 4 is 142 Å². The number of aryl methyl sites for hydroxylation is 1. The molecular weight excluding hydrogens is 1880 g/mol. The summed E-state index contributed by atoms with van der Waals surface area (Å²) in [6.07, 6.45) is 31.3. The number of esters is 1. The molecule has 3 fully saturated rings. The van der Waals surface area contributed by atoms with Crippen LogP contribution in [0, 0.1) is 12.8 Å². The molecule has 8 heterocycles. The van der Waals surface area contributed by atoms with Crippen LogP contribution in [-0.4, -0.2) is 220 Å². The van der Waals surface area contributed by atoms with Gasteiger partial charge in [-0.15, -0.1) is 0 Å². The number of fused-ring (bicyclic) bond motifs is 8. The molecule has 0 radical (unpaired) electrons. The average molecular weight is 2020 g/mol. The van der Waals surface area contributed by atoms with Crippen LogP contribution in [0.25, 0.3) is 21.5 Å². The van der Waals surface area contributed by atoms with E-state index in [0.717, 1.165) is 144 Å². The Labute approximate surface area is 825 Å². The third-order valence-electron chi connectivity index (χ3n) is 29.0. The van der Waals surface area contributed by atoms with Crippen LogP contribution >= 0.6 is 0 Å². The molecule has 36 heteroatoms. The number of hydrogen-bond donors (Lipinski definition) is 7. The maximum atomic E-state index is 15.0. The first-order valence-electron chi connectivity index (χ1n) is 49.2. The van der Waals surface area contributed by atoms with Crippen LogP contribution in [0.1, 0.15) is 246 Å². The van der Waals surface area contributed by atoms with Gasteiger partial charge in [-0.25, -0.2) is 4.79 Å². The average Bonchev–Trinajstić information content (AvgIpc) is 1.55. The highest BCUT2D eigenvalue weighted by molar-refractivity contribution is 7.86. The molecule has 7 aromatic rings. The number of carbonyl (C=O) groups is 3. The molecule has 140 heavy (non-hydrogen) atoms. The van der Waals surface area contributed by atoms with Crippen molar-refractivity contribution in [2.24, 2.45) is 5.92 Å². The lowest BCUT2D eigenvalue weighted by molar-refractivity contribution is -0.438. The first-order chi connectivity index (χ1) is 66.2. The molecule has 2 unspecified atom stereocenters. The second kappa shape index (κ2) is 43.4. The third kappa shape index (κ3) is 23.9. The van der Waals surface area contributed by atoms with E-state index >= 15 is 0 Å². The van der Waals surface area contributed by atoms with E-state index in [9.17, 15) is 79.2 Å². The number of benzene rings is 6. The van der Waals surface area contributed by atoms with Crippen LogP contribution in [0.15, 0.2) is 173 Å². The molecule has 0 aliphatic carbocycles. The second-order valence-corrected chi connectivity index (χ2v) is 47.5. The van der Waals surface area contributed by atoms with Gasteiger partial charge in [-0.3, -0.25) is 32.4 Å². The van der Waals surface area contributed by atoms with Gasteiger partial charge < -0.3 is 39.9 Å². The first-order valence-corrected chi connectivity index (χ1v) is 56.9. The van der Waals surface area contributed by atoms with Gasteiger partial charge in [0.2, 0.25) is 35.1 Å². The number of nitrogens with one attached hydrogen (secondary N) is 2. The Bertz CT molecular complexity index is 6790. The molecule has 31 nitrogen and oxygen atoms in total. The van der Waals surface area contributed by atoms with Crippen LogP contribution in [0.2, 0.25) is 0 Å². The van der Waals surface area contributed by atoms with Gasteiger partial charge in [0.15, 0.2) is 11.4 Å². The van der Waals surface area contributed by atoms with Gasteiger partial charge in [0.25, 0.3) is 56.5 Å². The summed E-state index contributed by atoms with van der Waals surface area (Å²) in [6.45, 7) is 28.0. The Morgan fingerprint density at radius 1 is 0.486 bits per heavy atom. The van der Waals surface area contributed by atoms with Gasteiger partial charge in [-0.1, -0.05) is 114 Å². The summed E-state index contributed by atoms with van der Waals surface area (Å²) in [6, 6.07) is 26.4. The molecule has 14 rings (SSSR count). The van der Waals surface area contributed by atoms with Gasteiger partial charge in [-0.05, 0) is 243 Å². The van der Waals surface area contributed by atoms with Gasteiger partial charge in [-0.2, -0.15) is 66.2 Å². The Hall–Kier alpha value is -10.4. The zero-order valence-electron chi connectivity index (χ0n) is 82.2. The number of anilines is 5. The topological polar surface area (TPSA) is 417 Å². The van der Waals surface area contributed by atoms with E-state index in [-0.39, 0.29) is 84.3 Å². The van der Waals surface area contributed by atoms with Crippen molar-refractivity contribution in [2.75, 3.05) is 114 Å². The maximum absolute atomic E-state index is 15.0. The molecule has 7 aliphatic heterocycles. The highest BCUT2D eigenvalue weighted by Gasteiger charge is 2.51. The van der Waals surface area contributed by atoms with Gasteiger partial charge in [0.05, 0.1) is 55.6 Å². The summed E-state index contributed by atoms with van der Waals surface area (Å²) in [5, 5.41) is 9.88. The molecular formula is C104H136N12O19S5+2. The van der Waals surface area contributed by atoms with Crippen LogP contribution in [0.4, 0.5) is 40.6 Å². The van der Waals surface area contributed by atoms with Crippen molar-refractivity contribution in [1.82, 2.24) is 25.6 Å². The van der Waals surface area contributed by atoms with Crippen molar-refractivity contribution in [3.05, 3.63) is 202 Å². The number of aromatic nitrogens is 3. The van der Waals surface area contributed by atoms with E-state index in [2.05, 4.69) is 107 Å². The largest absolute Gasteiger partial charge is 0.462 e. The number of nitrogens with zero attached hydrogens (tertiary/aromatic N) is 10. The van der Waals surface area contributed by atoms with E-state index < -0.39 is 101 Å². The van der Waals surface area contributed by atoms with Crippen molar-refractivity contribution in [1.29, 1.82) is 0 Å². The van der Waals surface area contributed by atoms with E-state index in [1.165, 1.54) is 12.1 Å². The predicted octanol–water partition coefficient (Wildman–Crippen LogP) is 17.0. The summed E-state index contributed by atoms with van der Waals surface area (Å²) >= 11 is 0.